The molecule has 1 aliphatic rings. The smallest absolute Gasteiger partial charge is 0.139 e. The lowest BCUT2D eigenvalue weighted by Crippen LogP contribution is -2.24. The van der Waals surface area contributed by atoms with Crippen LogP contribution in [0.1, 0.15) is 50.3 Å². The van der Waals surface area contributed by atoms with Crippen molar-refractivity contribution in [1.82, 2.24) is 0 Å². The van der Waals surface area contributed by atoms with Gasteiger partial charge in [0.15, 0.2) is 0 Å². The Morgan fingerprint density at radius 3 is 2.32 bits per heavy atom. The van der Waals surface area contributed by atoms with Gasteiger partial charge in [0.25, 0.3) is 0 Å². The van der Waals surface area contributed by atoms with Crippen LogP contribution in [0.2, 0.25) is 0 Å². The van der Waals surface area contributed by atoms with Crippen LogP contribution in [0.4, 0.5) is 0 Å². The van der Waals surface area contributed by atoms with E-state index in [0.717, 1.165) is 11.5 Å². The van der Waals surface area contributed by atoms with Gasteiger partial charge in [-0.2, -0.15) is 0 Å². The number of benzene rings is 3. The lowest BCUT2D eigenvalue weighted by Gasteiger charge is -2.35. The fourth-order valence-electron chi connectivity index (χ4n) is 3.76. The Bertz CT molecular complexity index is 934. The van der Waals surface area contributed by atoms with Crippen LogP contribution in [0.25, 0.3) is 11.1 Å². The highest BCUT2D eigenvalue weighted by Gasteiger charge is 2.35. The Labute approximate surface area is 150 Å². The van der Waals surface area contributed by atoms with Crippen LogP contribution in [-0.4, -0.2) is 0 Å². The Hall–Kier alpha value is -2.54. The molecule has 1 aliphatic heterocycles. The summed E-state index contributed by atoms with van der Waals surface area (Å²) in [4.78, 5) is 0. The van der Waals surface area contributed by atoms with Crippen molar-refractivity contribution in [2.24, 2.45) is 0 Å². The average molecular weight is 328 g/mol. The number of hydrogen-bond acceptors (Lipinski definition) is 1. The molecule has 25 heavy (non-hydrogen) atoms. The topological polar surface area (TPSA) is 9.23 Å². The van der Waals surface area contributed by atoms with Crippen molar-refractivity contribution >= 4 is 0 Å². The van der Waals surface area contributed by atoms with E-state index in [9.17, 15) is 0 Å². The van der Waals surface area contributed by atoms with E-state index in [1.54, 1.807) is 0 Å². The highest BCUT2D eigenvalue weighted by molar-refractivity contribution is 5.76. The van der Waals surface area contributed by atoms with Crippen molar-refractivity contribution in [1.29, 1.82) is 0 Å². The fraction of sp³-hybridized carbons (Fsp3) is 0.250. The van der Waals surface area contributed by atoms with Gasteiger partial charge in [0.2, 0.25) is 0 Å². The molecule has 0 atom stereocenters. The van der Waals surface area contributed by atoms with E-state index in [4.69, 9.17) is 4.74 Å². The minimum absolute atomic E-state index is 0.0736. The van der Waals surface area contributed by atoms with Gasteiger partial charge in [-0.3, -0.25) is 0 Å². The van der Waals surface area contributed by atoms with Crippen LogP contribution in [0, 0.1) is 0 Å². The van der Waals surface area contributed by atoms with Gasteiger partial charge in [0.1, 0.15) is 11.5 Å². The van der Waals surface area contributed by atoms with E-state index in [1.807, 2.05) is 6.07 Å². The molecule has 1 heterocycles. The highest BCUT2D eigenvalue weighted by atomic mass is 16.5. The number of ether oxygens (including phenoxy) is 1. The van der Waals surface area contributed by atoms with Crippen LogP contribution in [0.3, 0.4) is 0 Å². The van der Waals surface area contributed by atoms with E-state index < -0.39 is 0 Å². The molecule has 126 valence electrons. The maximum absolute atomic E-state index is 6.40. The number of para-hydroxylation sites is 2. The second-order valence-electron chi connectivity index (χ2n) is 7.69. The van der Waals surface area contributed by atoms with E-state index in [2.05, 4.69) is 88.4 Å². The molecular formula is C24H24O. The van der Waals surface area contributed by atoms with Gasteiger partial charge in [-0.1, -0.05) is 88.4 Å². The second-order valence-corrected chi connectivity index (χ2v) is 7.69. The molecule has 0 spiro atoms. The third-order valence-electron chi connectivity index (χ3n) is 5.33. The first-order chi connectivity index (χ1) is 12.0. The molecule has 0 saturated carbocycles. The Morgan fingerprint density at radius 2 is 1.52 bits per heavy atom. The zero-order valence-corrected chi connectivity index (χ0v) is 15.3. The predicted molar refractivity (Wildman–Crippen MR) is 105 cm³/mol. The van der Waals surface area contributed by atoms with Crippen molar-refractivity contribution in [3.8, 4) is 22.6 Å². The zero-order valence-electron chi connectivity index (χ0n) is 15.3. The fourth-order valence-corrected chi connectivity index (χ4v) is 3.76. The molecule has 0 fully saturated rings. The standard InChI is InChI=1S/C24H24O/c1-16(2)17-9-7-10-18(15-17)19-11-8-13-21-23(19)25-22-14-6-5-12-20(22)24(21,3)4/h5-16H,1-4H3. The van der Waals surface area contributed by atoms with Crippen LogP contribution in [0.15, 0.2) is 66.7 Å². The monoisotopic (exact) mass is 328 g/mol. The van der Waals surface area contributed by atoms with E-state index in [-0.39, 0.29) is 5.41 Å². The van der Waals surface area contributed by atoms with Gasteiger partial charge in [-0.15, -0.1) is 0 Å². The van der Waals surface area contributed by atoms with E-state index >= 15 is 0 Å². The molecule has 4 rings (SSSR count). The predicted octanol–water partition coefficient (Wildman–Crippen LogP) is 6.91. The van der Waals surface area contributed by atoms with Gasteiger partial charge in [0, 0.05) is 22.1 Å². The summed E-state index contributed by atoms with van der Waals surface area (Å²) in [5.74, 6) is 2.47. The van der Waals surface area contributed by atoms with Crippen LogP contribution in [0.5, 0.6) is 11.5 Å². The Balaban J connectivity index is 1.92. The van der Waals surface area contributed by atoms with Crippen molar-refractivity contribution in [3.63, 3.8) is 0 Å². The molecule has 0 amide bonds. The first-order valence-electron chi connectivity index (χ1n) is 8.99. The molecule has 1 nitrogen and oxygen atoms in total. The molecule has 0 unspecified atom stereocenters. The highest BCUT2D eigenvalue weighted by Crippen LogP contribution is 2.51. The summed E-state index contributed by atoms with van der Waals surface area (Å²) in [6.07, 6.45) is 0. The summed E-state index contributed by atoms with van der Waals surface area (Å²) in [5, 5.41) is 0. The SMILES string of the molecule is CC(C)c1cccc(-c2cccc3c2Oc2ccccc2C3(C)C)c1. The summed E-state index contributed by atoms with van der Waals surface area (Å²) in [6.45, 7) is 9.02. The third-order valence-corrected chi connectivity index (χ3v) is 5.33. The summed E-state index contributed by atoms with van der Waals surface area (Å²) < 4.78 is 6.40. The largest absolute Gasteiger partial charge is 0.456 e. The van der Waals surface area contributed by atoms with Gasteiger partial charge in [-0.05, 0) is 23.1 Å². The minimum Gasteiger partial charge on any atom is -0.456 e. The summed E-state index contributed by atoms with van der Waals surface area (Å²) >= 11 is 0. The summed E-state index contributed by atoms with van der Waals surface area (Å²) in [5.41, 5.74) is 6.16. The van der Waals surface area contributed by atoms with Gasteiger partial charge >= 0.3 is 0 Å². The molecule has 0 bridgehead atoms. The lowest BCUT2D eigenvalue weighted by atomic mass is 9.75. The van der Waals surface area contributed by atoms with Crippen LogP contribution < -0.4 is 4.74 Å². The molecule has 1 heteroatoms. The molecular weight excluding hydrogens is 304 g/mol. The van der Waals surface area contributed by atoms with E-state index in [0.29, 0.717) is 5.92 Å². The zero-order chi connectivity index (χ0) is 17.6. The average Bonchev–Trinajstić information content (AvgIpc) is 2.61. The molecule has 3 aromatic rings. The Morgan fingerprint density at radius 1 is 0.800 bits per heavy atom. The molecule has 0 aromatic heterocycles. The van der Waals surface area contributed by atoms with Gasteiger partial charge in [0.05, 0.1) is 0 Å². The van der Waals surface area contributed by atoms with Crippen molar-refractivity contribution < 1.29 is 4.74 Å². The molecule has 0 N–H and O–H groups in total. The number of fused-ring (bicyclic) bond motifs is 2. The number of hydrogen-bond donors (Lipinski definition) is 0. The maximum Gasteiger partial charge on any atom is 0.139 e. The summed E-state index contributed by atoms with van der Waals surface area (Å²) in [7, 11) is 0. The molecule has 0 aliphatic carbocycles. The van der Waals surface area contributed by atoms with Crippen molar-refractivity contribution in [2.45, 2.75) is 39.0 Å². The normalized spacial score (nSPS) is 14.6. The summed E-state index contributed by atoms with van der Waals surface area (Å²) in [6, 6.07) is 23.7. The molecule has 0 saturated heterocycles. The number of rotatable bonds is 2. The first-order valence-corrected chi connectivity index (χ1v) is 8.99. The molecule has 0 radical (unpaired) electrons. The van der Waals surface area contributed by atoms with Crippen molar-refractivity contribution in [3.05, 3.63) is 83.4 Å². The van der Waals surface area contributed by atoms with E-state index in [1.165, 1.54) is 27.8 Å². The molecule has 3 aromatic carbocycles. The van der Waals surface area contributed by atoms with Gasteiger partial charge in [-0.25, -0.2) is 0 Å². The first kappa shape index (κ1) is 16.0. The van der Waals surface area contributed by atoms with Crippen LogP contribution >= 0.6 is 0 Å². The minimum atomic E-state index is -0.0736. The quantitative estimate of drug-likeness (QED) is 0.496. The van der Waals surface area contributed by atoms with Gasteiger partial charge < -0.3 is 4.74 Å². The maximum atomic E-state index is 6.40. The van der Waals surface area contributed by atoms with Crippen LogP contribution in [-0.2, 0) is 5.41 Å². The second kappa shape index (κ2) is 5.77. The van der Waals surface area contributed by atoms with Crippen molar-refractivity contribution in [2.75, 3.05) is 0 Å². The lowest BCUT2D eigenvalue weighted by molar-refractivity contribution is 0.419. The third kappa shape index (κ3) is 2.55. The Kier molecular flexibility index (Phi) is 3.68.